The van der Waals surface area contributed by atoms with Gasteiger partial charge in [-0.3, -0.25) is 14.4 Å². The molecule has 0 radical (unpaired) electrons. The number of rotatable bonds is 12. The second kappa shape index (κ2) is 25.6. The fourth-order valence-corrected chi connectivity index (χ4v) is 11.2. The number of ketones is 2. The maximum absolute atomic E-state index is 14.6. The van der Waals surface area contributed by atoms with E-state index in [0.717, 1.165) is 12.0 Å². The van der Waals surface area contributed by atoms with Gasteiger partial charge in [-0.1, -0.05) is 58.1 Å². The normalized spacial score (nSPS) is 36.5. The van der Waals surface area contributed by atoms with E-state index in [1.165, 1.54) is 19.1 Å². The lowest BCUT2D eigenvalue weighted by Crippen LogP contribution is -2.64. The van der Waals surface area contributed by atoms with Gasteiger partial charge in [0.25, 0.3) is 11.7 Å². The van der Waals surface area contributed by atoms with Crippen LogP contribution in [0, 0.1) is 29.6 Å². The number of aliphatic hydroxyl groups is 2. The minimum Gasteiger partial charge on any atom is -0.479 e. The number of piperidine rings is 1. The van der Waals surface area contributed by atoms with Gasteiger partial charge in [0.2, 0.25) is 5.79 Å². The third-order valence-corrected chi connectivity index (χ3v) is 15.4. The zero-order chi connectivity index (χ0) is 51.6. The number of carbonyl (C=O) groups excluding carboxylic acids is 5. The molecule has 1 aromatic rings. The lowest BCUT2D eigenvalue weighted by molar-refractivity contribution is -0.302. The van der Waals surface area contributed by atoms with Crippen molar-refractivity contribution in [2.24, 2.45) is 29.6 Å². The average Bonchev–Trinajstić information content (AvgIpc) is 3.77. The molecule has 1 saturated carbocycles. The first kappa shape index (κ1) is 56.0. The van der Waals surface area contributed by atoms with Crippen molar-refractivity contribution in [3.05, 3.63) is 65.8 Å². The van der Waals surface area contributed by atoms with Crippen LogP contribution in [0.2, 0.25) is 0 Å². The summed E-state index contributed by atoms with van der Waals surface area (Å²) in [6.07, 6.45) is 5.38. The number of hydrogen-bond acceptors (Lipinski definition) is 15. The summed E-state index contributed by atoms with van der Waals surface area (Å²) in [7, 11) is 4.71. The third-order valence-electron chi connectivity index (χ3n) is 15.4. The Balaban J connectivity index is 1.25. The lowest BCUT2D eigenvalue weighted by Gasteiger charge is -2.47. The van der Waals surface area contributed by atoms with Gasteiger partial charge in [0.05, 0.1) is 43.7 Å². The molecular weight excluding hydrogens is 915 g/mol. The molecule has 4 fully saturated rings. The molecule has 5 aliphatic rings. The number of carbonyl (C=O) groups is 5. The largest absolute Gasteiger partial charge is 0.479 e. The molecule has 1 aliphatic carbocycles. The molecule has 2 N–H and O–H groups in total. The summed E-state index contributed by atoms with van der Waals surface area (Å²) in [5.74, 6) is -7.25. The number of nitrogens with zero attached hydrogens (tertiary/aromatic N) is 1. The minimum atomic E-state index is -2.53. The van der Waals surface area contributed by atoms with Gasteiger partial charge in [-0.2, -0.15) is 0 Å². The van der Waals surface area contributed by atoms with Crippen molar-refractivity contribution in [2.45, 2.75) is 179 Å². The van der Waals surface area contributed by atoms with Crippen molar-refractivity contribution in [1.29, 1.82) is 0 Å². The molecule has 2 unspecified atom stereocenters. The molecule has 3 saturated heterocycles. The molecule has 15 atom stereocenters. The van der Waals surface area contributed by atoms with Gasteiger partial charge < -0.3 is 53.0 Å². The number of cyclic esters (lactones) is 2. The summed E-state index contributed by atoms with van der Waals surface area (Å²) in [6.45, 7) is 13.9. The predicted molar refractivity (Wildman–Crippen MR) is 262 cm³/mol. The highest BCUT2D eigenvalue weighted by Crippen LogP contribution is 2.40. The maximum Gasteiger partial charge on any atom is 0.347 e. The summed E-state index contributed by atoms with van der Waals surface area (Å²) < 4.78 is 47.6. The van der Waals surface area contributed by atoms with E-state index in [2.05, 4.69) is 13.5 Å². The molecule has 0 spiro atoms. The van der Waals surface area contributed by atoms with Crippen LogP contribution in [0.1, 0.15) is 117 Å². The van der Waals surface area contributed by atoms with E-state index in [4.69, 9.17) is 37.9 Å². The van der Waals surface area contributed by atoms with Gasteiger partial charge in [-0.25, -0.2) is 9.59 Å². The van der Waals surface area contributed by atoms with E-state index in [-0.39, 0.29) is 67.5 Å². The Labute approximate surface area is 419 Å². The molecule has 1 amide bonds. The lowest BCUT2D eigenvalue weighted by atomic mass is 9.81. The van der Waals surface area contributed by atoms with Crippen LogP contribution in [0.15, 0.2) is 60.2 Å². The molecule has 4 aliphatic heterocycles. The number of hydrogen-bond donors (Lipinski definition) is 2. The van der Waals surface area contributed by atoms with Gasteiger partial charge in [0.15, 0.2) is 11.9 Å². The van der Waals surface area contributed by atoms with E-state index < -0.39 is 77.9 Å². The molecule has 6 rings (SSSR count). The van der Waals surface area contributed by atoms with Crippen molar-refractivity contribution < 1.29 is 72.1 Å². The smallest absolute Gasteiger partial charge is 0.347 e. The topological polar surface area (TPSA) is 203 Å². The number of benzene rings is 1. The standard InChI is InChI=1S/C55H79NO15/c1-10-13-39-25-32(2)24-33(3)26-47(65-8)50-48(66-9)28-35(5)55(63,71-50)51(59)52(60)56-22-12-11-14-41(56)53(61)70-49(36(6)42(57)30-43(39)58)34(4)27-38-17-20-44(46(29-38)64-7)68-31-37-15-18-40(19-16-37)69-45-21-23-67-54(45)62/h10,15-16,18-19,25,27,32-33,35-36,38,41-42,44-50,57,63H,1,11-14,17,20-24,26,28-31H2,2-9H3/t32?,33-,35+,36+,38-,41-,42-,44+,45-,46+,47-,48-,49+,50?,55+/m0/s1. The zero-order valence-electron chi connectivity index (χ0n) is 43.1. The number of ether oxygens (including phenoxy) is 8. The molecule has 1 aromatic carbocycles. The first-order valence-corrected chi connectivity index (χ1v) is 25.7. The van der Waals surface area contributed by atoms with Gasteiger partial charge in [0, 0.05) is 52.6 Å². The van der Waals surface area contributed by atoms with E-state index in [0.29, 0.717) is 81.5 Å². The Morgan fingerprint density at radius 2 is 1.56 bits per heavy atom. The molecule has 2 bridgehead atoms. The van der Waals surface area contributed by atoms with E-state index >= 15 is 0 Å². The molecule has 0 aromatic heterocycles. The quantitative estimate of drug-likeness (QED) is 0.129. The van der Waals surface area contributed by atoms with Crippen LogP contribution in [0.5, 0.6) is 5.75 Å². The van der Waals surface area contributed by atoms with Crippen molar-refractivity contribution >= 4 is 29.4 Å². The van der Waals surface area contributed by atoms with Crippen molar-refractivity contribution in [1.82, 2.24) is 4.90 Å². The highest BCUT2D eigenvalue weighted by molar-refractivity contribution is 6.39. The Morgan fingerprint density at radius 3 is 2.23 bits per heavy atom. The first-order valence-electron chi connectivity index (χ1n) is 25.7. The number of aliphatic hydroxyl groups excluding tert-OH is 1. The van der Waals surface area contributed by atoms with Crippen LogP contribution in [0.25, 0.3) is 0 Å². The van der Waals surface area contributed by atoms with Crippen LogP contribution in [-0.2, 0) is 63.7 Å². The van der Waals surface area contributed by atoms with Gasteiger partial charge in [-0.15, -0.1) is 6.58 Å². The van der Waals surface area contributed by atoms with Crippen molar-refractivity contribution in [3.8, 4) is 5.75 Å². The molecular formula is C55H79NO15. The monoisotopic (exact) mass is 994 g/mol. The first-order chi connectivity index (χ1) is 33.9. The maximum atomic E-state index is 14.6. The summed E-state index contributed by atoms with van der Waals surface area (Å²) >= 11 is 0. The van der Waals surface area contributed by atoms with E-state index in [9.17, 15) is 34.2 Å². The summed E-state index contributed by atoms with van der Waals surface area (Å²) in [6, 6.07) is 6.24. The molecule has 16 nitrogen and oxygen atoms in total. The zero-order valence-corrected chi connectivity index (χ0v) is 43.1. The summed E-state index contributed by atoms with van der Waals surface area (Å²) in [5, 5.41) is 24.1. The van der Waals surface area contributed by atoms with Crippen LogP contribution in [0.4, 0.5) is 0 Å². The highest BCUT2D eigenvalue weighted by Gasteiger charge is 2.56. The van der Waals surface area contributed by atoms with Crippen LogP contribution in [0.3, 0.4) is 0 Å². The number of fused-ring (bicyclic) bond motifs is 3. The van der Waals surface area contributed by atoms with Gasteiger partial charge in [-0.05, 0) is 118 Å². The Bertz CT molecular complexity index is 2070. The average molecular weight is 994 g/mol. The van der Waals surface area contributed by atoms with Crippen LogP contribution >= 0.6 is 0 Å². The number of amides is 1. The molecule has 394 valence electrons. The third kappa shape index (κ3) is 13.9. The second-order valence-electron chi connectivity index (χ2n) is 20.8. The predicted octanol–water partition coefficient (Wildman–Crippen LogP) is 6.56. The van der Waals surface area contributed by atoms with Gasteiger partial charge >= 0.3 is 11.9 Å². The van der Waals surface area contributed by atoms with E-state index in [1.807, 2.05) is 50.3 Å². The van der Waals surface area contributed by atoms with E-state index in [1.54, 1.807) is 27.0 Å². The second-order valence-corrected chi connectivity index (χ2v) is 20.8. The van der Waals surface area contributed by atoms with Crippen LogP contribution in [-0.4, -0.2) is 140 Å². The molecule has 4 heterocycles. The van der Waals surface area contributed by atoms with Crippen molar-refractivity contribution in [2.75, 3.05) is 34.5 Å². The Hall–Kier alpha value is -4.29. The number of methoxy groups -OCH3 is 3. The Kier molecular flexibility index (Phi) is 20.2. The summed E-state index contributed by atoms with van der Waals surface area (Å²) in [4.78, 5) is 70.6. The SMILES string of the molecule is C=CCC1=CC(C)C[C@H](C)C[C@H](OC)C2O[C@@](O)(C(=O)C(=O)N3CCCC[C@H]3C(=O)O[C@H](C(C)=C[C@@H]3CC[C@@H](OCc4ccc(O[C@H]5CCOC5=O)cc4)[C@H](OC)C3)[C@H](C)[C@@H](O)CC1=O)[C@H](C)C[C@@H]2OC. The number of Topliss-reactive ketones (excluding diaryl/α,β-unsaturated/α-hetero) is 2. The minimum absolute atomic E-state index is 0.0170. The number of esters is 2. The fourth-order valence-electron chi connectivity index (χ4n) is 11.2. The Morgan fingerprint density at radius 1 is 0.859 bits per heavy atom. The highest BCUT2D eigenvalue weighted by atomic mass is 16.7. The molecule has 71 heavy (non-hydrogen) atoms. The number of allylic oxidation sites excluding steroid dienone is 4. The van der Waals surface area contributed by atoms with Gasteiger partial charge in [0.1, 0.15) is 24.0 Å². The van der Waals surface area contributed by atoms with Crippen molar-refractivity contribution in [3.63, 3.8) is 0 Å². The molecule has 16 heteroatoms. The van der Waals surface area contributed by atoms with Crippen LogP contribution < -0.4 is 4.74 Å². The fraction of sp³-hybridized carbons (Fsp3) is 0.691. The summed E-state index contributed by atoms with van der Waals surface area (Å²) in [5.41, 5.74) is 2.11.